The van der Waals surface area contributed by atoms with Gasteiger partial charge in [0.2, 0.25) is 0 Å². The quantitative estimate of drug-likeness (QED) is 0.396. The maximum Gasteiger partial charge on any atom is 0.186 e. The van der Waals surface area contributed by atoms with E-state index in [2.05, 4.69) is 71.0 Å². The van der Waals surface area contributed by atoms with E-state index in [1.807, 2.05) is 0 Å². The fourth-order valence-electron chi connectivity index (χ4n) is 4.71. The molecule has 4 rings (SSSR count). The van der Waals surface area contributed by atoms with Crippen molar-refractivity contribution in [2.75, 3.05) is 31.1 Å². The number of carbonyl (C=O) groups is 1. The number of nitrogens with one attached hydrogen (secondary N) is 1. The number of nitrogens with zero attached hydrogens (tertiary/aromatic N) is 3. The van der Waals surface area contributed by atoms with E-state index in [-0.39, 0.29) is 5.78 Å². The largest absolute Gasteiger partial charge is 0.361 e. The van der Waals surface area contributed by atoms with Gasteiger partial charge in [-0.3, -0.25) is 9.69 Å². The van der Waals surface area contributed by atoms with Gasteiger partial charge in [0.15, 0.2) is 10.9 Å². The maximum absolute atomic E-state index is 13.2. The van der Waals surface area contributed by atoms with Crippen LogP contribution < -0.4 is 4.90 Å². The zero-order chi connectivity index (χ0) is 22.5. The molecule has 5 nitrogen and oxygen atoms in total. The first-order chi connectivity index (χ1) is 15.5. The average Bonchev–Trinajstić information content (AvgIpc) is 3.45. The van der Waals surface area contributed by atoms with Gasteiger partial charge in [-0.1, -0.05) is 49.3 Å². The number of hydrogen-bond donors (Lipinski definition) is 1. The van der Waals surface area contributed by atoms with Gasteiger partial charge in [-0.2, -0.15) is 0 Å². The molecule has 0 radical (unpaired) electrons. The summed E-state index contributed by atoms with van der Waals surface area (Å²) in [6.07, 6.45) is 8.88. The van der Waals surface area contributed by atoms with Crippen LogP contribution in [0.15, 0.2) is 36.7 Å². The van der Waals surface area contributed by atoms with Crippen LogP contribution in [0.5, 0.6) is 0 Å². The first-order valence-electron chi connectivity index (χ1n) is 12.1. The predicted octanol–water partition coefficient (Wildman–Crippen LogP) is 5.78. The van der Waals surface area contributed by atoms with E-state index in [1.165, 1.54) is 16.5 Å². The number of H-pyrrole nitrogens is 1. The Hall–Kier alpha value is -2.18. The number of hydrogen-bond acceptors (Lipinski definition) is 5. The van der Waals surface area contributed by atoms with Crippen molar-refractivity contribution >= 4 is 33.2 Å². The van der Waals surface area contributed by atoms with E-state index >= 15 is 0 Å². The minimum absolute atomic E-state index is 0.246. The summed E-state index contributed by atoms with van der Waals surface area (Å²) in [6, 6.07) is 9.03. The second-order valence-corrected chi connectivity index (χ2v) is 10.3. The molecule has 3 aromatic rings. The number of ketones is 1. The Kier molecular flexibility index (Phi) is 7.63. The Morgan fingerprint density at radius 2 is 1.97 bits per heavy atom. The summed E-state index contributed by atoms with van der Waals surface area (Å²) in [4.78, 5) is 26.8. The third-order valence-electron chi connectivity index (χ3n) is 6.71. The summed E-state index contributed by atoms with van der Waals surface area (Å²) in [5, 5.41) is 2.28. The van der Waals surface area contributed by atoms with Crippen LogP contribution in [0.25, 0.3) is 10.9 Å². The van der Waals surface area contributed by atoms with E-state index in [0.29, 0.717) is 18.4 Å². The van der Waals surface area contributed by atoms with Crippen LogP contribution >= 0.6 is 11.3 Å². The van der Waals surface area contributed by atoms with Crippen LogP contribution in [0, 0.1) is 5.92 Å². The van der Waals surface area contributed by atoms with E-state index in [9.17, 15) is 4.79 Å². The number of Topliss-reactive ketones (excluding diaryl/α,β-unsaturated/α-hetero) is 1. The maximum atomic E-state index is 13.2. The second kappa shape index (κ2) is 10.6. The molecule has 1 N–H and O–H groups in total. The van der Waals surface area contributed by atoms with Crippen molar-refractivity contribution in [3.05, 3.63) is 47.1 Å². The lowest BCUT2D eigenvalue weighted by Crippen LogP contribution is -2.48. The van der Waals surface area contributed by atoms with E-state index in [1.54, 1.807) is 17.5 Å². The normalized spacial score (nSPS) is 16.2. The first kappa shape index (κ1) is 23.0. The number of thiazole rings is 1. The van der Waals surface area contributed by atoms with Gasteiger partial charge in [0.25, 0.3) is 0 Å². The Labute approximate surface area is 195 Å². The Balaban J connectivity index is 1.40. The minimum Gasteiger partial charge on any atom is -0.361 e. The van der Waals surface area contributed by atoms with Crippen LogP contribution in [0.2, 0.25) is 0 Å². The molecule has 1 fully saturated rings. The highest BCUT2D eigenvalue weighted by molar-refractivity contribution is 7.17. The number of anilines is 1. The zero-order valence-electron chi connectivity index (χ0n) is 19.6. The number of piperazine rings is 1. The van der Waals surface area contributed by atoms with Gasteiger partial charge in [-0.25, -0.2) is 4.98 Å². The molecule has 1 atom stereocenters. The fraction of sp³-hybridized carbons (Fsp3) is 0.538. The van der Waals surface area contributed by atoms with Crippen molar-refractivity contribution in [3.8, 4) is 0 Å². The highest BCUT2D eigenvalue weighted by Crippen LogP contribution is 2.29. The molecule has 1 unspecified atom stereocenters. The third-order valence-corrected chi connectivity index (χ3v) is 7.81. The summed E-state index contributed by atoms with van der Waals surface area (Å²) in [6.45, 7) is 10.8. The smallest absolute Gasteiger partial charge is 0.186 e. The predicted molar refractivity (Wildman–Crippen MR) is 135 cm³/mol. The molecular weight excluding hydrogens is 416 g/mol. The van der Waals surface area contributed by atoms with Crippen molar-refractivity contribution in [1.29, 1.82) is 0 Å². The average molecular weight is 453 g/mol. The molecule has 1 saturated heterocycles. The van der Waals surface area contributed by atoms with Crippen molar-refractivity contribution in [2.24, 2.45) is 5.92 Å². The van der Waals surface area contributed by atoms with Crippen LogP contribution in [-0.4, -0.2) is 52.9 Å². The van der Waals surface area contributed by atoms with Crippen LogP contribution in [0.4, 0.5) is 5.13 Å². The van der Waals surface area contributed by atoms with Gasteiger partial charge in [0.1, 0.15) is 0 Å². The van der Waals surface area contributed by atoms with Crippen LogP contribution in [0.3, 0.4) is 0 Å². The monoisotopic (exact) mass is 452 g/mol. The van der Waals surface area contributed by atoms with E-state index in [0.717, 1.165) is 61.9 Å². The summed E-state index contributed by atoms with van der Waals surface area (Å²) in [5.74, 6) is 0.609. The Bertz CT molecular complexity index is 1020. The zero-order valence-corrected chi connectivity index (χ0v) is 20.5. The van der Waals surface area contributed by atoms with Crippen LogP contribution in [0.1, 0.15) is 61.7 Å². The second-order valence-electron chi connectivity index (χ2n) is 9.32. The van der Waals surface area contributed by atoms with Gasteiger partial charge in [-0.15, -0.1) is 0 Å². The molecule has 3 heterocycles. The highest BCUT2D eigenvalue weighted by atomic mass is 32.1. The molecule has 0 bridgehead atoms. The van der Waals surface area contributed by atoms with Gasteiger partial charge in [0, 0.05) is 55.7 Å². The molecule has 1 aromatic carbocycles. The van der Waals surface area contributed by atoms with E-state index < -0.39 is 0 Å². The molecule has 2 aromatic heterocycles. The fourth-order valence-corrected chi connectivity index (χ4v) is 5.63. The van der Waals surface area contributed by atoms with Crippen molar-refractivity contribution in [2.45, 2.75) is 58.9 Å². The van der Waals surface area contributed by atoms with E-state index in [4.69, 9.17) is 0 Å². The number of para-hydroxylation sites is 1. The lowest BCUT2D eigenvalue weighted by Gasteiger charge is -2.36. The number of carbonyl (C=O) groups excluding carboxylic acids is 1. The SMILES string of the molecule is CCCCC(CC(=O)c1cnc(N2CCN(C(C)C)CC2)s1)Cc1c[nH]c2ccccc12. The van der Waals surface area contributed by atoms with Crippen molar-refractivity contribution in [1.82, 2.24) is 14.9 Å². The van der Waals surface area contributed by atoms with Gasteiger partial charge < -0.3 is 9.88 Å². The van der Waals surface area contributed by atoms with Crippen molar-refractivity contribution in [3.63, 3.8) is 0 Å². The molecule has 6 heteroatoms. The highest BCUT2D eigenvalue weighted by Gasteiger charge is 2.23. The third kappa shape index (κ3) is 5.41. The number of aromatic nitrogens is 2. The molecule has 0 saturated carbocycles. The lowest BCUT2D eigenvalue weighted by molar-refractivity contribution is 0.0962. The molecule has 0 amide bonds. The minimum atomic E-state index is 0.246. The van der Waals surface area contributed by atoms with Gasteiger partial charge in [0.05, 0.1) is 11.1 Å². The van der Waals surface area contributed by atoms with Gasteiger partial charge >= 0.3 is 0 Å². The Morgan fingerprint density at radius 1 is 1.19 bits per heavy atom. The number of rotatable bonds is 10. The number of aromatic amines is 1. The Morgan fingerprint density at radius 3 is 2.72 bits per heavy atom. The standard InChI is InChI=1S/C26H36N4OS/c1-4-5-8-20(15-21-17-27-23-10-7-6-9-22(21)23)16-24(31)25-18-28-26(32-25)30-13-11-29(12-14-30)19(2)3/h6-7,9-10,17-20,27H,4-5,8,11-16H2,1-3H3. The van der Waals surface area contributed by atoms with Gasteiger partial charge in [-0.05, 0) is 44.2 Å². The first-order valence-corrected chi connectivity index (χ1v) is 12.9. The summed E-state index contributed by atoms with van der Waals surface area (Å²) >= 11 is 1.57. The van der Waals surface area contributed by atoms with Crippen molar-refractivity contribution < 1.29 is 4.79 Å². The number of unbranched alkanes of at least 4 members (excludes halogenated alkanes) is 1. The number of benzene rings is 1. The molecule has 1 aliphatic heterocycles. The van der Waals surface area contributed by atoms with Crippen LogP contribution in [-0.2, 0) is 6.42 Å². The summed E-state index contributed by atoms with van der Waals surface area (Å²) in [7, 11) is 0. The lowest BCUT2D eigenvalue weighted by atomic mass is 9.89. The molecule has 0 aliphatic carbocycles. The molecular formula is C26H36N4OS. The molecule has 32 heavy (non-hydrogen) atoms. The number of fused-ring (bicyclic) bond motifs is 1. The molecule has 1 aliphatic rings. The molecule has 0 spiro atoms. The molecule has 172 valence electrons. The summed E-state index contributed by atoms with van der Waals surface area (Å²) < 4.78 is 0. The topological polar surface area (TPSA) is 52.2 Å². The summed E-state index contributed by atoms with van der Waals surface area (Å²) in [5.41, 5.74) is 2.50.